The smallest absolute Gasteiger partial charge is 0.206 e. The molecular weight excluding hydrogens is 536 g/mol. The van der Waals surface area contributed by atoms with Crippen LogP contribution in [0.25, 0.3) is 10.9 Å². The zero-order valence-corrected chi connectivity index (χ0v) is 23.6. The molecule has 4 aromatic rings. The van der Waals surface area contributed by atoms with Crippen molar-refractivity contribution in [1.29, 1.82) is 0 Å². The first-order chi connectivity index (χ1) is 18.6. The van der Waals surface area contributed by atoms with E-state index < -0.39 is 19.7 Å². The summed E-state index contributed by atoms with van der Waals surface area (Å²) in [7, 11) is -4.63. The van der Waals surface area contributed by atoms with Crippen LogP contribution in [0.3, 0.4) is 0 Å². The van der Waals surface area contributed by atoms with Gasteiger partial charge in [-0.15, -0.1) is 0 Å². The Balaban J connectivity index is 1.37. The Labute approximate surface area is 229 Å². The maximum absolute atomic E-state index is 12.9. The van der Waals surface area contributed by atoms with Crippen molar-refractivity contribution < 1.29 is 21.6 Å². The number of hydrogen-bond donors (Lipinski definition) is 1. The van der Waals surface area contributed by atoms with Crippen LogP contribution in [0.1, 0.15) is 12.8 Å². The van der Waals surface area contributed by atoms with Gasteiger partial charge in [0.05, 0.1) is 27.7 Å². The minimum absolute atomic E-state index is 0.159. The fraction of sp³-hybridized carbons (Fsp3) is 0.286. The molecule has 0 bridgehead atoms. The molecule has 1 N–H and O–H groups in total. The van der Waals surface area contributed by atoms with Crippen LogP contribution in [0.2, 0.25) is 0 Å². The van der Waals surface area contributed by atoms with Gasteiger partial charge < -0.3 is 15.0 Å². The van der Waals surface area contributed by atoms with Crippen molar-refractivity contribution >= 4 is 42.1 Å². The van der Waals surface area contributed by atoms with E-state index in [-0.39, 0.29) is 15.5 Å². The van der Waals surface area contributed by atoms with E-state index in [9.17, 15) is 16.8 Å². The number of aromatic nitrogens is 2. The molecule has 3 aromatic carbocycles. The molecule has 206 valence electrons. The minimum Gasteiger partial charge on any atom is -0.494 e. The monoisotopic (exact) mass is 568 g/mol. The van der Waals surface area contributed by atoms with Gasteiger partial charge in [0.15, 0.2) is 0 Å². The Hall–Kier alpha value is -3.54. The van der Waals surface area contributed by atoms with E-state index in [0.717, 1.165) is 30.3 Å². The molecule has 1 aromatic heterocycles. The van der Waals surface area contributed by atoms with Crippen LogP contribution in [-0.4, -0.2) is 70.5 Å². The number of sulfone groups is 2. The molecule has 0 aliphatic heterocycles. The quantitative estimate of drug-likeness (QED) is 0.235. The lowest BCUT2D eigenvalue weighted by Gasteiger charge is -2.16. The summed E-state index contributed by atoms with van der Waals surface area (Å²) in [5.41, 5.74) is 1.43. The Morgan fingerprint density at radius 1 is 0.846 bits per heavy atom. The highest BCUT2D eigenvalue weighted by Crippen LogP contribution is 2.28. The molecule has 0 aliphatic rings. The van der Waals surface area contributed by atoms with Crippen molar-refractivity contribution in [2.45, 2.75) is 22.6 Å². The van der Waals surface area contributed by atoms with Crippen LogP contribution in [0, 0.1) is 0 Å². The van der Waals surface area contributed by atoms with E-state index in [4.69, 9.17) is 4.74 Å². The van der Waals surface area contributed by atoms with Crippen molar-refractivity contribution in [3.63, 3.8) is 0 Å². The van der Waals surface area contributed by atoms with Crippen LogP contribution in [0.4, 0.5) is 11.5 Å². The maximum atomic E-state index is 12.9. The van der Waals surface area contributed by atoms with E-state index >= 15 is 0 Å². The maximum Gasteiger partial charge on any atom is 0.206 e. The molecule has 0 radical (unpaired) electrons. The second-order valence-corrected chi connectivity index (χ2v) is 13.6. The van der Waals surface area contributed by atoms with Crippen LogP contribution in [-0.2, 0) is 19.7 Å². The molecule has 9 nitrogen and oxygen atoms in total. The molecule has 4 rings (SSSR count). The molecule has 0 fully saturated rings. The van der Waals surface area contributed by atoms with Crippen LogP contribution in [0.5, 0.6) is 5.75 Å². The number of nitrogens with one attached hydrogen (secondary N) is 1. The lowest BCUT2D eigenvalue weighted by molar-refractivity contribution is 0.284. The molecular formula is C28H32N4O5S2. The lowest BCUT2D eigenvalue weighted by Crippen LogP contribution is -2.26. The number of unbranched alkanes of at least 4 members (excludes halogenated alkanes) is 1. The van der Waals surface area contributed by atoms with E-state index in [0.29, 0.717) is 30.4 Å². The fourth-order valence-corrected chi connectivity index (χ4v) is 5.85. The van der Waals surface area contributed by atoms with Crippen molar-refractivity contribution in [2.75, 3.05) is 44.1 Å². The summed E-state index contributed by atoms with van der Waals surface area (Å²) in [5, 5.41) is 4.03. The molecule has 11 heteroatoms. The number of rotatable bonds is 13. The summed E-state index contributed by atoms with van der Waals surface area (Å²) in [4.78, 5) is 11.2. The third-order valence-corrected chi connectivity index (χ3v) is 8.84. The van der Waals surface area contributed by atoms with Crippen molar-refractivity contribution in [2.24, 2.45) is 0 Å². The fourth-order valence-electron chi connectivity index (χ4n) is 3.92. The van der Waals surface area contributed by atoms with Gasteiger partial charge in [0.25, 0.3) is 0 Å². The average molecular weight is 569 g/mol. The summed E-state index contributed by atoms with van der Waals surface area (Å²) < 4.78 is 54.3. The predicted molar refractivity (Wildman–Crippen MR) is 153 cm³/mol. The number of nitrogens with zero attached hydrogens (tertiary/aromatic N) is 3. The van der Waals surface area contributed by atoms with Crippen LogP contribution in [0.15, 0.2) is 88.9 Å². The second kappa shape index (κ2) is 12.5. The molecule has 0 spiro atoms. The number of fused-ring (bicyclic) bond motifs is 1. The van der Waals surface area contributed by atoms with Crippen molar-refractivity contribution in [3.8, 4) is 5.75 Å². The van der Waals surface area contributed by atoms with Gasteiger partial charge in [-0.2, -0.15) is 0 Å². The summed E-state index contributed by atoms with van der Waals surface area (Å²) in [5.74, 6) is 1.43. The van der Waals surface area contributed by atoms with E-state index in [1.165, 1.54) is 12.6 Å². The standard InChI is InChI=1S/C28H32N4O5S2/c1-32(17-19-38(2,33)34)16-6-7-18-37-23-12-15-27-26(20-23)28(30-21-29-27)31-22-10-13-25(14-11-22)39(35,36)24-8-4-3-5-9-24/h3-5,8-15,20-21H,6-7,16-19H2,1-2H3,(H,29,30,31). The van der Waals surface area contributed by atoms with Crippen LogP contribution >= 0.6 is 0 Å². The van der Waals surface area contributed by atoms with Gasteiger partial charge in [-0.05, 0) is 81.0 Å². The molecule has 0 unspecified atom stereocenters. The predicted octanol–water partition coefficient (Wildman–Crippen LogP) is 4.34. The molecule has 0 aliphatic carbocycles. The minimum atomic E-state index is -3.59. The molecule has 1 heterocycles. The highest BCUT2D eigenvalue weighted by atomic mass is 32.2. The van der Waals surface area contributed by atoms with E-state index in [1.807, 2.05) is 30.1 Å². The summed E-state index contributed by atoms with van der Waals surface area (Å²) >= 11 is 0. The van der Waals surface area contributed by atoms with E-state index in [2.05, 4.69) is 15.3 Å². The zero-order chi connectivity index (χ0) is 27.9. The first-order valence-corrected chi connectivity index (χ1v) is 16.1. The van der Waals surface area contributed by atoms with Crippen molar-refractivity contribution in [3.05, 3.63) is 79.1 Å². The van der Waals surface area contributed by atoms with Gasteiger partial charge in [0, 0.05) is 23.9 Å². The number of hydrogen-bond acceptors (Lipinski definition) is 9. The van der Waals surface area contributed by atoms with Crippen molar-refractivity contribution in [1.82, 2.24) is 14.9 Å². The SMILES string of the molecule is CN(CCCCOc1ccc2ncnc(Nc3ccc(S(=O)(=O)c4ccccc4)cc3)c2c1)CCS(C)(=O)=O. The first kappa shape index (κ1) is 28.5. The topological polar surface area (TPSA) is 119 Å². The molecule has 0 saturated carbocycles. The Morgan fingerprint density at radius 3 is 2.28 bits per heavy atom. The number of anilines is 2. The van der Waals surface area contributed by atoms with Gasteiger partial charge in [-0.25, -0.2) is 26.8 Å². The normalized spacial score (nSPS) is 12.1. The Bertz CT molecular complexity index is 1610. The van der Waals surface area contributed by atoms with Gasteiger partial charge >= 0.3 is 0 Å². The molecule has 0 amide bonds. The Morgan fingerprint density at radius 2 is 1.56 bits per heavy atom. The summed E-state index contributed by atoms with van der Waals surface area (Å²) in [6.07, 6.45) is 4.44. The number of benzene rings is 3. The third-order valence-electron chi connectivity index (χ3n) is 6.13. The highest BCUT2D eigenvalue weighted by molar-refractivity contribution is 7.91. The van der Waals surface area contributed by atoms with Gasteiger partial charge in [-0.1, -0.05) is 18.2 Å². The molecule has 0 atom stereocenters. The second-order valence-electron chi connectivity index (χ2n) is 9.36. The van der Waals surface area contributed by atoms with Gasteiger partial charge in [0.2, 0.25) is 9.84 Å². The van der Waals surface area contributed by atoms with Gasteiger partial charge in [-0.3, -0.25) is 0 Å². The summed E-state index contributed by atoms with van der Waals surface area (Å²) in [6.45, 7) is 1.84. The number of ether oxygens (including phenoxy) is 1. The van der Waals surface area contributed by atoms with Crippen LogP contribution < -0.4 is 10.1 Å². The molecule has 0 saturated heterocycles. The molecule has 39 heavy (non-hydrogen) atoms. The summed E-state index contributed by atoms with van der Waals surface area (Å²) in [6, 6.07) is 20.5. The third kappa shape index (κ3) is 7.98. The average Bonchev–Trinajstić information content (AvgIpc) is 2.92. The largest absolute Gasteiger partial charge is 0.494 e. The van der Waals surface area contributed by atoms with E-state index in [1.54, 1.807) is 54.6 Å². The lowest BCUT2D eigenvalue weighted by atomic mass is 10.2. The zero-order valence-electron chi connectivity index (χ0n) is 21.9. The first-order valence-electron chi connectivity index (χ1n) is 12.5. The highest BCUT2D eigenvalue weighted by Gasteiger charge is 2.17. The van der Waals surface area contributed by atoms with Gasteiger partial charge in [0.1, 0.15) is 27.7 Å². The Kier molecular flexibility index (Phi) is 9.16.